The molecule has 1 saturated heterocycles. The lowest BCUT2D eigenvalue weighted by Gasteiger charge is -2.29. The molecule has 0 N–H and O–H groups in total. The second-order valence-corrected chi connectivity index (χ2v) is 10.8. The standard InChI is InChI=1S/C28H31N5O4/c1-16-23(17(2)37-31-16)19-9-10-21-24-25(19)35-15-22(20-8-6-7-12-29-20)33(24)26(30-21)18-11-13-32(14-18)27(34)36-28(3,4)5/h6-10,12,18,22H,11,13-15H2,1-5H3/t18?,22-/m0/s1. The number of benzene rings is 1. The Balaban J connectivity index is 1.48. The number of pyridine rings is 1. The molecule has 2 aliphatic rings. The highest BCUT2D eigenvalue weighted by Gasteiger charge is 2.38. The topological polar surface area (TPSA) is 95.5 Å². The van der Waals surface area contributed by atoms with Crippen molar-refractivity contribution in [1.82, 2.24) is 24.6 Å². The van der Waals surface area contributed by atoms with Gasteiger partial charge in [0.2, 0.25) is 0 Å². The van der Waals surface area contributed by atoms with Gasteiger partial charge in [-0.15, -0.1) is 0 Å². The first-order valence-electron chi connectivity index (χ1n) is 12.7. The van der Waals surface area contributed by atoms with Crippen LogP contribution < -0.4 is 4.74 Å². The van der Waals surface area contributed by atoms with Gasteiger partial charge >= 0.3 is 6.09 Å². The van der Waals surface area contributed by atoms with Crippen molar-refractivity contribution in [2.75, 3.05) is 19.7 Å². The van der Waals surface area contributed by atoms with Crippen LogP contribution in [-0.2, 0) is 4.74 Å². The molecular formula is C28H31N5O4. The molecule has 1 unspecified atom stereocenters. The van der Waals surface area contributed by atoms with Crippen LogP contribution in [0.25, 0.3) is 22.2 Å². The average Bonchev–Trinajstić information content (AvgIpc) is 3.58. The SMILES string of the molecule is Cc1noc(C)c1-c1ccc2nc(C3CCN(C(=O)OC(C)(C)C)C3)n3c2c1OC[C@H]3c1ccccn1. The first-order chi connectivity index (χ1) is 17.7. The van der Waals surface area contributed by atoms with E-state index < -0.39 is 5.60 Å². The summed E-state index contributed by atoms with van der Waals surface area (Å²) in [7, 11) is 0. The van der Waals surface area contributed by atoms with Crippen molar-refractivity contribution in [2.24, 2.45) is 0 Å². The number of likely N-dealkylation sites (tertiary alicyclic amines) is 1. The van der Waals surface area contributed by atoms with E-state index in [-0.39, 0.29) is 18.1 Å². The summed E-state index contributed by atoms with van der Waals surface area (Å²) < 4.78 is 19.8. The zero-order valence-corrected chi connectivity index (χ0v) is 21.8. The van der Waals surface area contributed by atoms with Crippen molar-refractivity contribution >= 4 is 17.1 Å². The molecule has 9 heteroatoms. The van der Waals surface area contributed by atoms with E-state index in [0.29, 0.717) is 19.7 Å². The van der Waals surface area contributed by atoms with Crippen molar-refractivity contribution in [1.29, 1.82) is 0 Å². The zero-order chi connectivity index (χ0) is 25.9. The van der Waals surface area contributed by atoms with Crippen molar-refractivity contribution in [2.45, 2.75) is 58.6 Å². The second-order valence-electron chi connectivity index (χ2n) is 10.8. The molecule has 0 radical (unpaired) electrons. The average molecular weight is 502 g/mol. The van der Waals surface area contributed by atoms with Crippen LogP contribution in [-0.4, -0.2) is 56.0 Å². The van der Waals surface area contributed by atoms with Gasteiger partial charge in [-0.1, -0.05) is 11.2 Å². The van der Waals surface area contributed by atoms with E-state index in [1.165, 1.54) is 0 Å². The molecule has 1 fully saturated rings. The smallest absolute Gasteiger partial charge is 0.410 e. The molecule has 3 aromatic heterocycles. The zero-order valence-electron chi connectivity index (χ0n) is 21.8. The molecule has 6 rings (SSSR count). The Hall–Kier alpha value is -3.88. The maximum absolute atomic E-state index is 12.8. The van der Waals surface area contributed by atoms with Gasteiger partial charge in [0.1, 0.15) is 35.4 Å². The van der Waals surface area contributed by atoms with Crippen LogP contribution in [0.3, 0.4) is 0 Å². The number of carbonyl (C=O) groups excluding carboxylic acids is 1. The Labute approximate surface area is 215 Å². The van der Waals surface area contributed by atoms with Crippen LogP contribution in [0.15, 0.2) is 41.1 Å². The Morgan fingerprint density at radius 1 is 1.16 bits per heavy atom. The highest BCUT2D eigenvalue weighted by molar-refractivity contribution is 5.93. The maximum atomic E-state index is 12.8. The van der Waals surface area contributed by atoms with E-state index in [9.17, 15) is 4.79 Å². The summed E-state index contributed by atoms with van der Waals surface area (Å²) in [5.74, 6) is 2.54. The lowest BCUT2D eigenvalue weighted by Crippen LogP contribution is -2.35. The predicted molar refractivity (Wildman–Crippen MR) is 138 cm³/mol. The third-order valence-corrected chi connectivity index (χ3v) is 7.07. The van der Waals surface area contributed by atoms with Crippen molar-refractivity contribution < 1.29 is 18.8 Å². The summed E-state index contributed by atoms with van der Waals surface area (Å²) >= 11 is 0. The largest absolute Gasteiger partial charge is 0.488 e. The van der Waals surface area contributed by atoms with Gasteiger partial charge < -0.3 is 23.5 Å². The Kier molecular flexibility index (Phi) is 5.47. The molecule has 1 amide bonds. The van der Waals surface area contributed by atoms with Crippen LogP contribution in [0.4, 0.5) is 4.79 Å². The number of hydrogen-bond acceptors (Lipinski definition) is 7. The highest BCUT2D eigenvalue weighted by atomic mass is 16.6. The quantitative estimate of drug-likeness (QED) is 0.370. The molecule has 1 aromatic carbocycles. The van der Waals surface area contributed by atoms with Crippen LogP contribution in [0, 0.1) is 13.8 Å². The number of aryl methyl sites for hydroxylation is 2. The fourth-order valence-electron chi connectivity index (χ4n) is 5.48. The monoisotopic (exact) mass is 501 g/mol. The molecule has 2 atom stereocenters. The van der Waals surface area contributed by atoms with Gasteiger partial charge in [-0.05, 0) is 65.3 Å². The van der Waals surface area contributed by atoms with Gasteiger partial charge in [0.15, 0.2) is 5.75 Å². The molecule has 192 valence electrons. The minimum absolute atomic E-state index is 0.0691. The van der Waals surface area contributed by atoms with Crippen molar-refractivity contribution in [3.63, 3.8) is 0 Å². The van der Waals surface area contributed by atoms with Crippen LogP contribution in [0.5, 0.6) is 5.75 Å². The molecular weight excluding hydrogens is 470 g/mol. The molecule has 0 spiro atoms. The first-order valence-corrected chi connectivity index (χ1v) is 12.7. The van der Waals surface area contributed by atoms with Crippen molar-refractivity contribution in [3.8, 4) is 16.9 Å². The molecule has 0 bridgehead atoms. The van der Waals surface area contributed by atoms with E-state index in [2.05, 4.69) is 14.7 Å². The molecule has 37 heavy (non-hydrogen) atoms. The number of aromatic nitrogens is 4. The summed E-state index contributed by atoms with van der Waals surface area (Å²) in [5, 5.41) is 4.16. The van der Waals surface area contributed by atoms with Crippen LogP contribution >= 0.6 is 0 Å². The summed E-state index contributed by atoms with van der Waals surface area (Å²) in [6.45, 7) is 11.1. The van der Waals surface area contributed by atoms with Gasteiger partial charge in [0.25, 0.3) is 0 Å². The fourth-order valence-corrected chi connectivity index (χ4v) is 5.48. The van der Waals surface area contributed by atoms with Crippen LogP contribution in [0.1, 0.15) is 62.1 Å². The lowest BCUT2D eigenvalue weighted by molar-refractivity contribution is 0.0292. The summed E-state index contributed by atoms with van der Waals surface area (Å²) in [5.41, 5.74) is 4.88. The number of imidazole rings is 1. The van der Waals surface area contributed by atoms with E-state index in [0.717, 1.165) is 57.3 Å². The van der Waals surface area contributed by atoms with Gasteiger partial charge in [-0.2, -0.15) is 0 Å². The normalized spacial score (nSPS) is 19.3. The number of amides is 1. The number of hydrogen-bond donors (Lipinski definition) is 0. The summed E-state index contributed by atoms with van der Waals surface area (Å²) in [4.78, 5) is 24.3. The summed E-state index contributed by atoms with van der Waals surface area (Å²) in [6, 6.07) is 9.86. The number of ether oxygens (including phenoxy) is 2. The maximum Gasteiger partial charge on any atom is 0.410 e. The third-order valence-electron chi connectivity index (χ3n) is 7.07. The number of rotatable bonds is 3. The molecule has 0 aliphatic carbocycles. The minimum Gasteiger partial charge on any atom is -0.488 e. The van der Waals surface area contributed by atoms with Gasteiger partial charge in [0, 0.05) is 30.8 Å². The fraction of sp³-hybridized carbons (Fsp3) is 0.429. The Morgan fingerprint density at radius 2 is 2.00 bits per heavy atom. The molecule has 5 heterocycles. The third kappa shape index (κ3) is 4.02. The lowest BCUT2D eigenvalue weighted by atomic mass is 10.0. The minimum atomic E-state index is -0.534. The predicted octanol–water partition coefficient (Wildman–Crippen LogP) is 5.41. The molecule has 0 saturated carbocycles. The van der Waals surface area contributed by atoms with E-state index >= 15 is 0 Å². The van der Waals surface area contributed by atoms with E-state index in [4.69, 9.17) is 19.0 Å². The highest BCUT2D eigenvalue weighted by Crippen LogP contribution is 2.46. The van der Waals surface area contributed by atoms with Gasteiger partial charge in [-0.3, -0.25) is 4.98 Å². The second kappa shape index (κ2) is 8.61. The van der Waals surface area contributed by atoms with Crippen LogP contribution in [0.2, 0.25) is 0 Å². The Bertz CT molecular complexity index is 1460. The number of nitrogens with zero attached hydrogens (tertiary/aromatic N) is 5. The molecule has 2 aliphatic heterocycles. The Morgan fingerprint density at radius 3 is 2.70 bits per heavy atom. The number of carbonyl (C=O) groups is 1. The van der Waals surface area contributed by atoms with E-state index in [1.807, 2.05) is 65.0 Å². The summed E-state index contributed by atoms with van der Waals surface area (Å²) in [6.07, 6.45) is 2.33. The molecule has 4 aromatic rings. The van der Waals surface area contributed by atoms with Gasteiger partial charge in [-0.25, -0.2) is 9.78 Å². The van der Waals surface area contributed by atoms with Gasteiger partial charge in [0.05, 0.1) is 22.5 Å². The first kappa shape index (κ1) is 23.5. The van der Waals surface area contributed by atoms with Crippen molar-refractivity contribution in [3.05, 3.63) is 59.5 Å². The van der Waals surface area contributed by atoms with E-state index in [1.54, 1.807) is 11.1 Å². The molecule has 9 nitrogen and oxygen atoms in total.